The Bertz CT molecular complexity index is 1400. The Labute approximate surface area is 185 Å². The van der Waals surface area contributed by atoms with E-state index in [1.54, 1.807) is 18.7 Å². The highest BCUT2D eigenvalue weighted by Gasteiger charge is 2.18. The van der Waals surface area contributed by atoms with Crippen LogP contribution >= 0.6 is 23.4 Å². The maximum atomic E-state index is 13.2. The second-order valence-electron chi connectivity index (χ2n) is 6.86. The molecule has 0 spiro atoms. The Morgan fingerprint density at radius 3 is 2.71 bits per heavy atom. The number of aromatic nitrogens is 3. The van der Waals surface area contributed by atoms with Gasteiger partial charge in [0.1, 0.15) is 22.6 Å². The average Bonchev–Trinajstić information content (AvgIpc) is 3.03. The third-order valence-electron chi connectivity index (χ3n) is 4.92. The van der Waals surface area contributed by atoms with Gasteiger partial charge in [-0.1, -0.05) is 23.4 Å². The molecule has 0 atom stereocenters. The van der Waals surface area contributed by atoms with E-state index in [9.17, 15) is 14.0 Å². The van der Waals surface area contributed by atoms with Gasteiger partial charge in [0.25, 0.3) is 5.56 Å². The molecule has 160 valence electrons. The van der Waals surface area contributed by atoms with Crippen molar-refractivity contribution in [1.82, 2.24) is 14.1 Å². The molecule has 4 rings (SSSR count). The van der Waals surface area contributed by atoms with E-state index in [1.807, 2.05) is 25.2 Å². The topological polar surface area (TPSA) is 78.2 Å². The maximum absolute atomic E-state index is 13.2. The Morgan fingerprint density at radius 1 is 1.23 bits per heavy atom. The number of halogens is 2. The van der Waals surface area contributed by atoms with Crippen molar-refractivity contribution in [2.45, 2.75) is 5.16 Å². The SMILES string of the molecule is COc1ccc2c(c1)c1nc(SCC(=O)Nc3ccc(F)cc3Cl)n(C)c(=O)c1n2C. The Hall–Kier alpha value is -3.04. The first kappa shape index (κ1) is 21.2. The van der Waals surface area contributed by atoms with Gasteiger partial charge in [-0.05, 0) is 36.4 Å². The predicted octanol–water partition coefficient (Wildman–Crippen LogP) is 3.96. The molecule has 2 heterocycles. The summed E-state index contributed by atoms with van der Waals surface area (Å²) in [5.74, 6) is -0.190. The van der Waals surface area contributed by atoms with Crippen molar-refractivity contribution in [3.63, 3.8) is 0 Å². The normalized spacial score (nSPS) is 11.3. The summed E-state index contributed by atoms with van der Waals surface area (Å²) in [6.07, 6.45) is 0. The van der Waals surface area contributed by atoms with Crippen molar-refractivity contribution in [2.24, 2.45) is 14.1 Å². The Balaban J connectivity index is 1.66. The summed E-state index contributed by atoms with van der Waals surface area (Å²) in [7, 11) is 5.00. The number of rotatable bonds is 5. The van der Waals surface area contributed by atoms with E-state index in [4.69, 9.17) is 16.3 Å². The molecule has 31 heavy (non-hydrogen) atoms. The predicted molar refractivity (Wildman–Crippen MR) is 121 cm³/mol. The molecule has 0 bridgehead atoms. The second kappa shape index (κ2) is 8.24. The lowest BCUT2D eigenvalue weighted by molar-refractivity contribution is -0.113. The number of ether oxygens (including phenoxy) is 1. The first-order valence-corrected chi connectivity index (χ1v) is 10.6. The van der Waals surface area contributed by atoms with Gasteiger partial charge >= 0.3 is 0 Å². The minimum atomic E-state index is -0.489. The number of benzene rings is 2. The first-order chi connectivity index (χ1) is 14.8. The number of nitrogens with one attached hydrogen (secondary N) is 1. The molecular weight excluding hydrogens is 443 g/mol. The van der Waals surface area contributed by atoms with E-state index in [-0.39, 0.29) is 22.2 Å². The fourth-order valence-corrected chi connectivity index (χ4v) is 4.32. The van der Waals surface area contributed by atoms with Crippen LogP contribution in [-0.4, -0.2) is 32.9 Å². The number of nitrogens with zero attached hydrogens (tertiary/aromatic N) is 3. The van der Waals surface area contributed by atoms with Gasteiger partial charge in [0.15, 0.2) is 5.16 Å². The maximum Gasteiger partial charge on any atom is 0.278 e. The molecule has 2 aromatic heterocycles. The number of methoxy groups -OCH3 is 1. The Kier molecular flexibility index (Phi) is 5.63. The van der Waals surface area contributed by atoms with Crippen molar-refractivity contribution >= 4 is 56.9 Å². The van der Waals surface area contributed by atoms with Crippen molar-refractivity contribution in [3.05, 3.63) is 57.6 Å². The zero-order valence-electron chi connectivity index (χ0n) is 16.9. The molecule has 0 saturated carbocycles. The van der Waals surface area contributed by atoms with Gasteiger partial charge < -0.3 is 14.6 Å². The lowest BCUT2D eigenvalue weighted by atomic mass is 10.2. The summed E-state index contributed by atoms with van der Waals surface area (Å²) in [6, 6.07) is 9.26. The summed E-state index contributed by atoms with van der Waals surface area (Å²) in [5, 5.41) is 3.93. The molecule has 1 N–H and O–H groups in total. The fraction of sp³-hybridized carbons (Fsp3) is 0.190. The molecule has 0 fully saturated rings. The third-order valence-corrected chi connectivity index (χ3v) is 6.26. The van der Waals surface area contributed by atoms with Gasteiger partial charge in [0, 0.05) is 19.5 Å². The van der Waals surface area contributed by atoms with Crippen LogP contribution in [0, 0.1) is 5.82 Å². The molecule has 0 aliphatic rings. The lowest BCUT2D eigenvalue weighted by Gasteiger charge is -2.09. The van der Waals surface area contributed by atoms with Crippen LogP contribution in [0.4, 0.5) is 10.1 Å². The summed E-state index contributed by atoms with van der Waals surface area (Å²) in [6.45, 7) is 0. The molecule has 4 aromatic rings. The third kappa shape index (κ3) is 3.86. The van der Waals surface area contributed by atoms with E-state index in [0.717, 1.165) is 28.7 Å². The average molecular weight is 461 g/mol. The van der Waals surface area contributed by atoms with Crippen LogP contribution in [0.3, 0.4) is 0 Å². The van der Waals surface area contributed by atoms with Gasteiger partial charge in [-0.15, -0.1) is 0 Å². The summed E-state index contributed by atoms with van der Waals surface area (Å²) in [4.78, 5) is 30.0. The Morgan fingerprint density at radius 2 is 2.00 bits per heavy atom. The highest BCUT2D eigenvalue weighted by atomic mass is 35.5. The quantitative estimate of drug-likeness (QED) is 0.360. The number of fused-ring (bicyclic) bond motifs is 3. The van der Waals surface area contributed by atoms with Gasteiger partial charge in [-0.2, -0.15) is 0 Å². The zero-order chi connectivity index (χ0) is 22.3. The van der Waals surface area contributed by atoms with Crippen LogP contribution in [0.25, 0.3) is 21.9 Å². The molecule has 2 aromatic carbocycles. The number of aryl methyl sites for hydroxylation is 1. The first-order valence-electron chi connectivity index (χ1n) is 9.21. The number of thioether (sulfide) groups is 1. The van der Waals surface area contributed by atoms with Crippen LogP contribution in [0.1, 0.15) is 0 Å². The van der Waals surface area contributed by atoms with E-state index >= 15 is 0 Å². The molecule has 0 aliphatic carbocycles. The molecule has 1 amide bonds. The van der Waals surface area contributed by atoms with E-state index < -0.39 is 5.82 Å². The zero-order valence-corrected chi connectivity index (χ0v) is 18.5. The molecule has 0 saturated heterocycles. The van der Waals surface area contributed by atoms with Crippen LogP contribution in [0.5, 0.6) is 5.75 Å². The molecule has 0 radical (unpaired) electrons. The largest absolute Gasteiger partial charge is 0.497 e. The summed E-state index contributed by atoms with van der Waals surface area (Å²) < 4.78 is 21.7. The van der Waals surface area contributed by atoms with Crippen molar-refractivity contribution in [3.8, 4) is 5.75 Å². The smallest absolute Gasteiger partial charge is 0.278 e. The molecule has 0 unspecified atom stereocenters. The monoisotopic (exact) mass is 460 g/mol. The summed E-state index contributed by atoms with van der Waals surface area (Å²) in [5.41, 5.74) is 1.96. The van der Waals surface area contributed by atoms with Crippen LogP contribution in [0.15, 0.2) is 46.3 Å². The highest BCUT2D eigenvalue weighted by molar-refractivity contribution is 7.99. The summed E-state index contributed by atoms with van der Waals surface area (Å²) >= 11 is 7.08. The molecule has 10 heteroatoms. The lowest BCUT2D eigenvalue weighted by Crippen LogP contribution is -2.22. The number of hydrogen-bond donors (Lipinski definition) is 1. The van der Waals surface area contributed by atoms with Crippen LogP contribution < -0.4 is 15.6 Å². The van der Waals surface area contributed by atoms with E-state index in [1.165, 1.54) is 16.7 Å². The molecule has 7 nitrogen and oxygen atoms in total. The number of anilines is 1. The van der Waals surface area contributed by atoms with Gasteiger partial charge in [-0.25, -0.2) is 9.37 Å². The van der Waals surface area contributed by atoms with Crippen molar-refractivity contribution < 1.29 is 13.9 Å². The number of carbonyl (C=O) groups is 1. The number of carbonyl (C=O) groups excluding carboxylic acids is 1. The molecular formula is C21H18ClFN4O3S. The van der Waals surface area contributed by atoms with Crippen LogP contribution in [0.2, 0.25) is 5.02 Å². The minimum absolute atomic E-state index is 0.00637. The van der Waals surface area contributed by atoms with Gasteiger partial charge in [-0.3, -0.25) is 14.2 Å². The van der Waals surface area contributed by atoms with Crippen molar-refractivity contribution in [1.29, 1.82) is 0 Å². The van der Waals surface area contributed by atoms with Crippen LogP contribution in [-0.2, 0) is 18.9 Å². The highest BCUT2D eigenvalue weighted by Crippen LogP contribution is 2.30. The fourth-order valence-electron chi connectivity index (χ4n) is 3.34. The molecule has 0 aliphatic heterocycles. The second-order valence-corrected chi connectivity index (χ2v) is 8.21. The van der Waals surface area contributed by atoms with Crippen molar-refractivity contribution in [2.75, 3.05) is 18.2 Å². The standard InChI is InChI=1S/C21H18ClFN4O3S/c1-26-16-7-5-12(30-3)9-13(16)18-19(26)20(29)27(2)21(25-18)31-10-17(28)24-15-6-4-11(23)8-14(15)22/h4-9H,10H2,1-3H3,(H,24,28). The van der Waals surface area contributed by atoms with E-state index in [0.29, 0.717) is 27.6 Å². The van der Waals surface area contributed by atoms with Gasteiger partial charge in [0.05, 0.1) is 29.1 Å². The number of amides is 1. The van der Waals surface area contributed by atoms with E-state index in [2.05, 4.69) is 10.3 Å². The minimum Gasteiger partial charge on any atom is -0.497 e. The number of hydrogen-bond acceptors (Lipinski definition) is 5. The van der Waals surface area contributed by atoms with Gasteiger partial charge in [0.2, 0.25) is 5.91 Å².